The summed E-state index contributed by atoms with van der Waals surface area (Å²) in [7, 11) is -3.26. The number of carbonyl (C=O) groups excluding carboxylic acids is 1. The normalized spacial score (nSPS) is 15.8. The molecule has 132 valence electrons. The lowest BCUT2D eigenvalue weighted by atomic mass is 10.2. The highest BCUT2D eigenvalue weighted by Gasteiger charge is 2.28. The van der Waals surface area contributed by atoms with Crippen LogP contribution in [0, 0.1) is 6.92 Å². The number of nitrogens with one attached hydrogen (secondary N) is 2. The molecule has 0 saturated carbocycles. The van der Waals surface area contributed by atoms with Gasteiger partial charge in [0.15, 0.2) is 0 Å². The van der Waals surface area contributed by atoms with Gasteiger partial charge >= 0.3 is 6.03 Å². The van der Waals surface area contributed by atoms with E-state index in [0.29, 0.717) is 35.1 Å². The molecule has 1 heterocycles. The summed E-state index contributed by atoms with van der Waals surface area (Å²) in [6.45, 7) is 2.30. The Bertz CT molecular complexity index is 915. The largest absolute Gasteiger partial charge is 0.323 e. The number of rotatable bonds is 3. The number of urea groups is 1. The maximum absolute atomic E-state index is 12.2. The van der Waals surface area contributed by atoms with Gasteiger partial charge < -0.3 is 10.6 Å². The Morgan fingerprint density at radius 2 is 1.84 bits per heavy atom. The van der Waals surface area contributed by atoms with Crippen molar-refractivity contribution in [2.24, 2.45) is 0 Å². The predicted molar refractivity (Wildman–Crippen MR) is 101 cm³/mol. The summed E-state index contributed by atoms with van der Waals surface area (Å²) < 4.78 is 25.5. The Hall–Kier alpha value is -2.25. The fraction of sp³-hybridized carbons (Fsp3) is 0.235. The minimum absolute atomic E-state index is 0.149. The Kier molecular flexibility index (Phi) is 4.87. The number of benzene rings is 2. The zero-order chi connectivity index (χ0) is 18.0. The fourth-order valence-corrected chi connectivity index (χ4v) is 4.41. The van der Waals surface area contributed by atoms with Crippen LogP contribution >= 0.6 is 11.6 Å². The maximum atomic E-state index is 12.2. The van der Waals surface area contributed by atoms with Crippen LogP contribution in [0.15, 0.2) is 42.5 Å². The lowest BCUT2D eigenvalue weighted by molar-refractivity contribution is 0.262. The van der Waals surface area contributed by atoms with Crippen LogP contribution in [-0.4, -0.2) is 26.7 Å². The van der Waals surface area contributed by atoms with Gasteiger partial charge in [0, 0.05) is 12.2 Å². The first-order valence-corrected chi connectivity index (χ1v) is 9.79. The molecule has 2 aromatic rings. The molecular weight excluding hydrogens is 362 g/mol. The van der Waals surface area contributed by atoms with Gasteiger partial charge in [-0.1, -0.05) is 29.8 Å². The first-order valence-electron chi connectivity index (χ1n) is 7.80. The van der Waals surface area contributed by atoms with E-state index in [1.165, 1.54) is 4.31 Å². The Labute approximate surface area is 151 Å². The second kappa shape index (κ2) is 6.93. The Morgan fingerprint density at radius 1 is 1.12 bits per heavy atom. The van der Waals surface area contributed by atoms with Crippen LogP contribution in [0.25, 0.3) is 0 Å². The molecule has 0 unspecified atom stereocenters. The van der Waals surface area contributed by atoms with Crippen LogP contribution in [0.5, 0.6) is 0 Å². The van der Waals surface area contributed by atoms with E-state index in [-0.39, 0.29) is 5.75 Å². The van der Waals surface area contributed by atoms with Crippen molar-refractivity contribution in [2.75, 3.05) is 27.2 Å². The van der Waals surface area contributed by atoms with Crippen molar-refractivity contribution in [3.63, 3.8) is 0 Å². The van der Waals surface area contributed by atoms with Crippen molar-refractivity contribution in [2.45, 2.75) is 13.3 Å². The molecule has 1 aliphatic rings. The van der Waals surface area contributed by atoms with E-state index < -0.39 is 16.1 Å². The zero-order valence-corrected chi connectivity index (χ0v) is 15.2. The first-order chi connectivity index (χ1) is 11.9. The predicted octanol–water partition coefficient (Wildman–Crippen LogP) is 3.83. The SMILES string of the molecule is Cc1ccc(N2CCCS2(=O)=O)cc1NC(=O)Nc1ccccc1Cl. The highest BCUT2D eigenvalue weighted by Crippen LogP contribution is 2.29. The molecule has 0 aliphatic carbocycles. The fourth-order valence-electron chi connectivity index (χ4n) is 2.67. The molecule has 0 radical (unpaired) electrons. The highest BCUT2D eigenvalue weighted by atomic mass is 35.5. The van der Waals surface area contributed by atoms with E-state index in [9.17, 15) is 13.2 Å². The van der Waals surface area contributed by atoms with E-state index in [2.05, 4.69) is 10.6 Å². The molecule has 0 spiro atoms. The number of nitrogens with zero attached hydrogens (tertiary/aromatic N) is 1. The molecule has 0 aromatic heterocycles. The molecule has 25 heavy (non-hydrogen) atoms. The number of anilines is 3. The van der Waals surface area contributed by atoms with Crippen LogP contribution in [-0.2, 0) is 10.0 Å². The molecular formula is C17H18ClN3O3S. The third kappa shape index (κ3) is 3.88. The summed E-state index contributed by atoms with van der Waals surface area (Å²) in [6, 6.07) is 11.7. The van der Waals surface area contributed by atoms with Crippen molar-refractivity contribution in [1.29, 1.82) is 0 Å². The lowest BCUT2D eigenvalue weighted by Crippen LogP contribution is -2.25. The van der Waals surface area contributed by atoms with Crippen LogP contribution in [0.1, 0.15) is 12.0 Å². The number of aryl methyl sites for hydroxylation is 1. The maximum Gasteiger partial charge on any atom is 0.323 e. The average Bonchev–Trinajstić information content (AvgIpc) is 2.91. The molecule has 2 N–H and O–H groups in total. The zero-order valence-electron chi connectivity index (χ0n) is 13.6. The molecule has 1 aliphatic heterocycles. The monoisotopic (exact) mass is 379 g/mol. The van der Waals surface area contributed by atoms with Gasteiger partial charge in [-0.3, -0.25) is 4.31 Å². The quantitative estimate of drug-likeness (QED) is 0.850. The van der Waals surface area contributed by atoms with Gasteiger partial charge in [-0.25, -0.2) is 13.2 Å². The number of sulfonamides is 1. The summed E-state index contributed by atoms with van der Waals surface area (Å²) in [5, 5.41) is 5.86. The molecule has 6 nitrogen and oxygen atoms in total. The minimum Gasteiger partial charge on any atom is -0.307 e. The Balaban J connectivity index is 1.79. The summed E-state index contributed by atoms with van der Waals surface area (Å²) >= 11 is 6.03. The molecule has 2 amide bonds. The van der Waals surface area contributed by atoms with Crippen molar-refractivity contribution < 1.29 is 13.2 Å². The van der Waals surface area contributed by atoms with Gasteiger partial charge in [-0.05, 0) is 43.2 Å². The van der Waals surface area contributed by atoms with Crippen molar-refractivity contribution >= 4 is 44.7 Å². The number of hydrogen-bond acceptors (Lipinski definition) is 3. The number of hydrogen-bond donors (Lipinski definition) is 2. The van der Waals surface area contributed by atoms with E-state index in [1.807, 2.05) is 6.92 Å². The van der Waals surface area contributed by atoms with Gasteiger partial charge in [0.1, 0.15) is 0 Å². The van der Waals surface area contributed by atoms with Gasteiger partial charge in [0.25, 0.3) is 0 Å². The number of halogens is 1. The lowest BCUT2D eigenvalue weighted by Gasteiger charge is -2.19. The summed E-state index contributed by atoms with van der Waals surface area (Å²) in [5.41, 5.74) is 2.42. The molecule has 1 saturated heterocycles. The number of para-hydroxylation sites is 1. The number of amides is 2. The molecule has 3 rings (SSSR count). The van der Waals surface area contributed by atoms with Crippen molar-refractivity contribution in [3.05, 3.63) is 53.1 Å². The van der Waals surface area contributed by atoms with Crippen LogP contribution in [0.2, 0.25) is 5.02 Å². The van der Waals surface area contributed by atoms with E-state index in [4.69, 9.17) is 11.6 Å². The molecule has 2 aromatic carbocycles. The van der Waals surface area contributed by atoms with Crippen LogP contribution < -0.4 is 14.9 Å². The molecule has 0 bridgehead atoms. The minimum atomic E-state index is -3.26. The van der Waals surface area contributed by atoms with Crippen molar-refractivity contribution in [1.82, 2.24) is 0 Å². The second-order valence-electron chi connectivity index (χ2n) is 5.80. The molecule has 8 heteroatoms. The Morgan fingerprint density at radius 3 is 2.52 bits per heavy atom. The highest BCUT2D eigenvalue weighted by molar-refractivity contribution is 7.93. The van der Waals surface area contributed by atoms with Gasteiger partial charge in [0.2, 0.25) is 10.0 Å². The molecule has 0 atom stereocenters. The van der Waals surface area contributed by atoms with Gasteiger partial charge in [-0.2, -0.15) is 0 Å². The summed E-state index contributed by atoms with van der Waals surface area (Å²) in [5.74, 6) is 0.149. The van der Waals surface area contributed by atoms with E-state index >= 15 is 0 Å². The topological polar surface area (TPSA) is 78.5 Å². The summed E-state index contributed by atoms with van der Waals surface area (Å²) in [4.78, 5) is 12.2. The van der Waals surface area contributed by atoms with E-state index in [1.54, 1.807) is 42.5 Å². The van der Waals surface area contributed by atoms with Crippen LogP contribution in [0.3, 0.4) is 0 Å². The van der Waals surface area contributed by atoms with Gasteiger partial charge in [-0.15, -0.1) is 0 Å². The standard InChI is InChI=1S/C17H18ClN3O3S/c1-12-7-8-13(21-9-4-10-25(21,23)24)11-16(12)20-17(22)19-15-6-3-2-5-14(15)18/h2-3,5-8,11H,4,9-10H2,1H3,(H2,19,20,22). The average molecular weight is 380 g/mol. The van der Waals surface area contributed by atoms with E-state index in [0.717, 1.165) is 5.56 Å². The van der Waals surface area contributed by atoms with Crippen LogP contribution in [0.4, 0.5) is 21.9 Å². The third-order valence-corrected chi connectivity index (χ3v) is 6.18. The first kappa shape index (κ1) is 17.6. The molecule has 1 fully saturated rings. The van der Waals surface area contributed by atoms with Crippen molar-refractivity contribution in [3.8, 4) is 0 Å². The second-order valence-corrected chi connectivity index (χ2v) is 8.22. The summed E-state index contributed by atoms with van der Waals surface area (Å²) in [6.07, 6.45) is 0.603. The third-order valence-electron chi connectivity index (χ3n) is 3.98. The van der Waals surface area contributed by atoms with Gasteiger partial charge in [0.05, 0.1) is 22.2 Å². The smallest absolute Gasteiger partial charge is 0.307 e. The number of carbonyl (C=O) groups is 1.